The van der Waals surface area contributed by atoms with Gasteiger partial charge in [0.2, 0.25) is 15.9 Å². The highest BCUT2D eigenvalue weighted by molar-refractivity contribution is 7.89. The molecule has 2 aromatic rings. The van der Waals surface area contributed by atoms with E-state index >= 15 is 0 Å². The Morgan fingerprint density at radius 2 is 1.55 bits per heavy atom. The number of nitrogens with zero attached hydrogens (tertiary/aromatic N) is 2. The largest absolute Gasteiger partial charge is 0.493 e. The van der Waals surface area contributed by atoms with Gasteiger partial charge in [0.25, 0.3) is 0 Å². The van der Waals surface area contributed by atoms with Gasteiger partial charge in [0.05, 0.1) is 17.9 Å². The summed E-state index contributed by atoms with van der Waals surface area (Å²) >= 11 is 0. The standard InChI is InChI=1S/C22H28N2O4S/c1-17-15-18(2)22(19(3)16-17)29(26,27)24-12-10-23(11-13-24)21(25)9-14-28-20-7-5-4-6-8-20/h4-8,15-16H,9-14H2,1-3H3. The fourth-order valence-electron chi connectivity index (χ4n) is 3.81. The van der Waals surface area contributed by atoms with Gasteiger partial charge in [-0.15, -0.1) is 0 Å². The van der Waals surface area contributed by atoms with Gasteiger partial charge < -0.3 is 9.64 Å². The van der Waals surface area contributed by atoms with Crippen molar-refractivity contribution in [2.24, 2.45) is 0 Å². The van der Waals surface area contributed by atoms with Crippen LogP contribution >= 0.6 is 0 Å². The third-order valence-electron chi connectivity index (χ3n) is 5.12. The van der Waals surface area contributed by atoms with E-state index in [0.29, 0.717) is 37.7 Å². The summed E-state index contributed by atoms with van der Waals surface area (Å²) in [7, 11) is -3.57. The summed E-state index contributed by atoms with van der Waals surface area (Å²) < 4.78 is 33.4. The number of rotatable bonds is 6. The minimum Gasteiger partial charge on any atom is -0.493 e. The van der Waals surface area contributed by atoms with Crippen molar-refractivity contribution in [3.63, 3.8) is 0 Å². The first-order valence-electron chi connectivity index (χ1n) is 9.82. The minimum atomic E-state index is -3.57. The van der Waals surface area contributed by atoms with Gasteiger partial charge in [-0.25, -0.2) is 8.42 Å². The van der Waals surface area contributed by atoms with Gasteiger partial charge in [-0.2, -0.15) is 4.31 Å². The zero-order chi connectivity index (χ0) is 21.0. The van der Waals surface area contributed by atoms with E-state index in [9.17, 15) is 13.2 Å². The Balaban J connectivity index is 1.56. The van der Waals surface area contributed by atoms with E-state index in [1.165, 1.54) is 4.31 Å². The van der Waals surface area contributed by atoms with Crippen molar-refractivity contribution in [3.8, 4) is 5.75 Å². The molecule has 3 rings (SSSR count). The Hall–Kier alpha value is -2.38. The molecule has 1 fully saturated rings. The van der Waals surface area contributed by atoms with Crippen LogP contribution in [0.2, 0.25) is 0 Å². The molecule has 29 heavy (non-hydrogen) atoms. The quantitative estimate of drug-likeness (QED) is 0.726. The lowest BCUT2D eigenvalue weighted by molar-refractivity contribution is -0.132. The fraction of sp³-hybridized carbons (Fsp3) is 0.409. The normalized spacial score (nSPS) is 15.3. The predicted octanol–water partition coefficient (Wildman–Crippen LogP) is 2.91. The molecule has 0 radical (unpaired) electrons. The first-order valence-corrected chi connectivity index (χ1v) is 11.3. The van der Waals surface area contributed by atoms with Crippen LogP contribution in [0.1, 0.15) is 23.1 Å². The molecule has 0 aromatic heterocycles. The average molecular weight is 417 g/mol. The molecule has 0 aliphatic carbocycles. The molecule has 0 spiro atoms. The number of ether oxygens (including phenoxy) is 1. The summed E-state index contributed by atoms with van der Waals surface area (Å²) in [5.41, 5.74) is 2.57. The van der Waals surface area contributed by atoms with E-state index in [4.69, 9.17) is 4.74 Å². The predicted molar refractivity (Wildman–Crippen MR) is 113 cm³/mol. The second kappa shape index (κ2) is 8.97. The molecule has 2 aromatic carbocycles. The second-order valence-electron chi connectivity index (χ2n) is 7.42. The molecular weight excluding hydrogens is 388 g/mol. The molecule has 0 N–H and O–H groups in total. The Kier molecular flexibility index (Phi) is 6.59. The number of carbonyl (C=O) groups excluding carboxylic acids is 1. The van der Waals surface area contributed by atoms with Crippen molar-refractivity contribution >= 4 is 15.9 Å². The topological polar surface area (TPSA) is 66.9 Å². The third kappa shape index (κ3) is 4.97. The number of para-hydroxylation sites is 1. The number of carbonyl (C=O) groups is 1. The molecule has 0 bridgehead atoms. The van der Waals surface area contributed by atoms with E-state index in [-0.39, 0.29) is 12.3 Å². The van der Waals surface area contributed by atoms with Crippen molar-refractivity contribution in [2.45, 2.75) is 32.1 Å². The van der Waals surface area contributed by atoms with Crippen LogP contribution in [-0.4, -0.2) is 56.3 Å². The van der Waals surface area contributed by atoms with Crippen molar-refractivity contribution in [2.75, 3.05) is 32.8 Å². The third-order valence-corrected chi connectivity index (χ3v) is 7.33. The summed E-state index contributed by atoms with van der Waals surface area (Å²) in [6.07, 6.45) is 0.276. The molecular formula is C22H28N2O4S. The van der Waals surface area contributed by atoms with E-state index in [1.807, 2.05) is 63.2 Å². The highest BCUT2D eigenvalue weighted by Crippen LogP contribution is 2.26. The Morgan fingerprint density at radius 3 is 2.14 bits per heavy atom. The SMILES string of the molecule is Cc1cc(C)c(S(=O)(=O)N2CCN(C(=O)CCOc3ccccc3)CC2)c(C)c1. The highest BCUT2D eigenvalue weighted by atomic mass is 32.2. The van der Waals surface area contributed by atoms with E-state index < -0.39 is 10.0 Å². The number of benzene rings is 2. The molecule has 6 nitrogen and oxygen atoms in total. The number of sulfonamides is 1. The van der Waals surface area contributed by atoms with Crippen LogP contribution in [-0.2, 0) is 14.8 Å². The summed E-state index contributed by atoms with van der Waals surface area (Å²) in [4.78, 5) is 14.5. The van der Waals surface area contributed by atoms with E-state index in [1.54, 1.807) is 4.90 Å². The Bertz CT molecular complexity index is 943. The number of hydrogen-bond acceptors (Lipinski definition) is 4. The van der Waals surface area contributed by atoms with Crippen LogP contribution in [0.3, 0.4) is 0 Å². The average Bonchev–Trinajstić information content (AvgIpc) is 2.68. The summed E-state index contributed by atoms with van der Waals surface area (Å²) in [5, 5.41) is 0. The van der Waals surface area contributed by atoms with Crippen LogP contribution < -0.4 is 4.74 Å². The maximum atomic E-state index is 13.1. The van der Waals surface area contributed by atoms with Crippen molar-refractivity contribution < 1.29 is 17.9 Å². The van der Waals surface area contributed by atoms with Crippen molar-refractivity contribution in [1.29, 1.82) is 0 Å². The van der Waals surface area contributed by atoms with E-state index in [0.717, 1.165) is 22.4 Å². The maximum absolute atomic E-state index is 13.1. The van der Waals surface area contributed by atoms with Crippen molar-refractivity contribution in [1.82, 2.24) is 9.21 Å². The van der Waals surface area contributed by atoms with Gasteiger partial charge in [0.1, 0.15) is 5.75 Å². The molecule has 156 valence electrons. The number of piperazine rings is 1. The molecule has 7 heteroatoms. The zero-order valence-corrected chi connectivity index (χ0v) is 18.0. The van der Waals surface area contributed by atoms with Crippen LogP contribution in [0.4, 0.5) is 0 Å². The van der Waals surface area contributed by atoms with Gasteiger partial charge in [0.15, 0.2) is 0 Å². The summed E-state index contributed by atoms with van der Waals surface area (Å²) in [5.74, 6) is 0.723. The maximum Gasteiger partial charge on any atom is 0.243 e. The smallest absolute Gasteiger partial charge is 0.243 e. The highest BCUT2D eigenvalue weighted by Gasteiger charge is 2.32. The Labute approximate surface area is 173 Å². The molecule has 1 aliphatic heterocycles. The van der Waals surface area contributed by atoms with Gasteiger partial charge in [0, 0.05) is 26.2 Å². The molecule has 0 unspecified atom stereocenters. The Morgan fingerprint density at radius 1 is 0.966 bits per heavy atom. The molecule has 1 saturated heterocycles. The van der Waals surface area contributed by atoms with Crippen LogP contribution in [0.25, 0.3) is 0 Å². The summed E-state index contributed by atoms with van der Waals surface area (Å²) in [6, 6.07) is 13.2. The van der Waals surface area contributed by atoms with Crippen LogP contribution in [0.15, 0.2) is 47.4 Å². The molecule has 0 atom stereocenters. The van der Waals surface area contributed by atoms with Gasteiger partial charge >= 0.3 is 0 Å². The first kappa shape index (κ1) is 21.3. The van der Waals surface area contributed by atoms with Crippen LogP contribution in [0, 0.1) is 20.8 Å². The van der Waals surface area contributed by atoms with E-state index in [2.05, 4.69) is 0 Å². The number of aryl methyl sites for hydroxylation is 3. The lowest BCUT2D eigenvalue weighted by Gasteiger charge is -2.34. The first-order chi connectivity index (χ1) is 13.8. The lowest BCUT2D eigenvalue weighted by atomic mass is 10.1. The van der Waals surface area contributed by atoms with Gasteiger partial charge in [-0.1, -0.05) is 35.9 Å². The van der Waals surface area contributed by atoms with Crippen LogP contribution in [0.5, 0.6) is 5.75 Å². The molecule has 1 aliphatic rings. The van der Waals surface area contributed by atoms with Gasteiger partial charge in [-0.05, 0) is 44.0 Å². The fourth-order valence-corrected chi connectivity index (χ4v) is 5.65. The number of hydrogen-bond donors (Lipinski definition) is 0. The van der Waals surface area contributed by atoms with Gasteiger partial charge in [-0.3, -0.25) is 4.79 Å². The molecule has 1 amide bonds. The second-order valence-corrected chi connectivity index (χ2v) is 9.30. The van der Waals surface area contributed by atoms with Crippen molar-refractivity contribution in [3.05, 3.63) is 59.2 Å². The molecule has 1 heterocycles. The monoisotopic (exact) mass is 416 g/mol. The zero-order valence-electron chi connectivity index (χ0n) is 17.2. The number of amides is 1. The summed E-state index contributed by atoms with van der Waals surface area (Å²) in [6.45, 7) is 7.34. The lowest BCUT2D eigenvalue weighted by Crippen LogP contribution is -2.50. The minimum absolute atomic E-state index is 0.0133. The molecule has 0 saturated carbocycles.